The topological polar surface area (TPSA) is 3.01 Å². The van der Waals surface area contributed by atoms with Gasteiger partial charge >= 0.3 is 0 Å². The minimum atomic E-state index is 0.00939. The predicted molar refractivity (Wildman–Crippen MR) is 103 cm³/mol. The van der Waals surface area contributed by atoms with Crippen LogP contribution in [0.5, 0.6) is 0 Å². The third-order valence-corrected chi connectivity index (χ3v) is 6.22. The molecule has 24 heavy (non-hydrogen) atoms. The molecule has 2 atom stereocenters. The maximum Gasteiger partial charge on any atom is 0.217 e. The molecule has 0 amide bonds. The van der Waals surface area contributed by atoms with Crippen molar-refractivity contribution < 1.29 is 4.58 Å². The lowest BCUT2D eigenvalue weighted by Crippen LogP contribution is -2.35. The van der Waals surface area contributed by atoms with E-state index in [1.165, 1.54) is 33.3 Å². The number of fused-ring (bicyclic) bond motifs is 3. The summed E-state index contributed by atoms with van der Waals surface area (Å²) < 4.78 is 2.40. The number of hydrogen-bond acceptors (Lipinski definition) is 0. The fraction of sp³-hybridized carbons (Fsp3) is 0.261. The van der Waals surface area contributed by atoms with E-state index >= 15 is 0 Å². The van der Waals surface area contributed by atoms with Gasteiger partial charge in [-0.2, -0.15) is 0 Å². The molecule has 0 spiro atoms. The molecule has 0 saturated heterocycles. The van der Waals surface area contributed by atoms with Gasteiger partial charge in [-0.3, -0.25) is 0 Å². The van der Waals surface area contributed by atoms with Gasteiger partial charge in [0.15, 0.2) is 5.71 Å². The molecule has 1 aliphatic heterocycles. The van der Waals surface area contributed by atoms with Crippen LogP contribution in [0.25, 0.3) is 10.8 Å². The highest BCUT2D eigenvalue weighted by Crippen LogP contribution is 2.49. The van der Waals surface area contributed by atoms with Gasteiger partial charge in [-0.1, -0.05) is 67.6 Å². The highest BCUT2D eigenvalue weighted by molar-refractivity contribution is 6.02. The summed E-state index contributed by atoms with van der Waals surface area (Å²) in [6.45, 7) is 7.04. The van der Waals surface area contributed by atoms with Gasteiger partial charge in [0.05, 0.1) is 10.8 Å². The van der Waals surface area contributed by atoms with Crippen molar-refractivity contribution in [3.05, 3.63) is 77.9 Å². The minimum absolute atomic E-state index is 0.00939. The molecule has 1 heterocycles. The van der Waals surface area contributed by atoms with Gasteiger partial charge in [-0.05, 0) is 23.9 Å². The van der Waals surface area contributed by atoms with Crippen molar-refractivity contribution in [3.8, 4) is 0 Å². The number of nitrogens with zero attached hydrogens (tertiary/aromatic N) is 1. The van der Waals surface area contributed by atoms with Gasteiger partial charge in [0, 0.05) is 18.4 Å². The summed E-state index contributed by atoms with van der Waals surface area (Å²) in [5.41, 5.74) is 5.64. The third-order valence-electron chi connectivity index (χ3n) is 6.22. The summed E-state index contributed by atoms with van der Waals surface area (Å²) in [4.78, 5) is 0. The Morgan fingerprint density at radius 3 is 2.29 bits per heavy atom. The van der Waals surface area contributed by atoms with Crippen LogP contribution in [0.15, 0.2) is 66.7 Å². The zero-order valence-electron chi connectivity index (χ0n) is 14.9. The maximum absolute atomic E-state index is 2.40. The highest BCUT2D eigenvalue weighted by Gasteiger charge is 2.49. The Bertz CT molecular complexity index is 952. The van der Waals surface area contributed by atoms with E-state index in [0.717, 1.165) is 0 Å². The van der Waals surface area contributed by atoms with Gasteiger partial charge in [0.25, 0.3) is 0 Å². The molecule has 0 bridgehead atoms. The molecule has 0 N–H and O–H groups in total. The Balaban J connectivity index is 1.99. The zero-order chi connectivity index (χ0) is 16.9. The van der Waals surface area contributed by atoms with E-state index in [0.29, 0.717) is 5.92 Å². The van der Waals surface area contributed by atoms with Crippen molar-refractivity contribution in [1.82, 2.24) is 0 Å². The van der Waals surface area contributed by atoms with Gasteiger partial charge in [-0.15, -0.1) is 0 Å². The van der Waals surface area contributed by atoms with Crippen LogP contribution in [0.4, 0.5) is 5.69 Å². The lowest BCUT2D eigenvalue weighted by Gasteiger charge is -2.30. The fourth-order valence-corrected chi connectivity index (χ4v) is 4.37. The number of hydrogen-bond donors (Lipinski definition) is 0. The van der Waals surface area contributed by atoms with Crippen LogP contribution in [0.3, 0.4) is 0 Å². The van der Waals surface area contributed by atoms with Crippen LogP contribution >= 0.6 is 0 Å². The molecule has 0 aromatic heterocycles. The second-order valence-corrected chi connectivity index (χ2v) is 7.16. The molecule has 0 aliphatic carbocycles. The monoisotopic (exact) mass is 314 g/mol. The summed E-state index contributed by atoms with van der Waals surface area (Å²) >= 11 is 0. The first-order valence-electron chi connectivity index (χ1n) is 8.70. The summed E-state index contributed by atoms with van der Waals surface area (Å²) in [5.74, 6) is 0.420. The molecular weight excluding hydrogens is 290 g/mol. The van der Waals surface area contributed by atoms with Crippen molar-refractivity contribution in [2.75, 3.05) is 7.05 Å². The molecule has 0 saturated carbocycles. The molecule has 0 radical (unpaired) electrons. The summed E-state index contributed by atoms with van der Waals surface area (Å²) in [6, 6.07) is 24.2. The second-order valence-electron chi connectivity index (χ2n) is 7.16. The first kappa shape index (κ1) is 15.1. The van der Waals surface area contributed by atoms with Crippen molar-refractivity contribution in [1.29, 1.82) is 0 Å². The van der Waals surface area contributed by atoms with Crippen LogP contribution in [0.1, 0.15) is 37.8 Å². The normalized spacial score (nSPS) is 21.2. The van der Waals surface area contributed by atoms with Crippen LogP contribution < -0.4 is 0 Å². The van der Waals surface area contributed by atoms with Gasteiger partial charge in [0.2, 0.25) is 5.69 Å². The van der Waals surface area contributed by atoms with E-state index in [1.807, 2.05) is 0 Å². The van der Waals surface area contributed by atoms with Crippen molar-refractivity contribution in [2.24, 2.45) is 0 Å². The molecule has 3 aromatic rings. The first-order chi connectivity index (χ1) is 11.5. The molecule has 3 aromatic carbocycles. The number of rotatable bonds is 2. The molecule has 120 valence electrons. The molecule has 1 heteroatoms. The van der Waals surface area contributed by atoms with E-state index in [1.54, 1.807) is 0 Å². The Labute approximate surface area is 144 Å². The maximum atomic E-state index is 2.40. The van der Waals surface area contributed by atoms with E-state index in [9.17, 15) is 0 Å². The van der Waals surface area contributed by atoms with E-state index in [4.69, 9.17) is 0 Å². The Morgan fingerprint density at radius 1 is 0.875 bits per heavy atom. The smallest absolute Gasteiger partial charge is 0.201 e. The van der Waals surface area contributed by atoms with Crippen molar-refractivity contribution >= 4 is 22.2 Å². The Hall–Kier alpha value is -2.41. The fourth-order valence-electron chi connectivity index (χ4n) is 4.37. The molecule has 1 aliphatic rings. The van der Waals surface area contributed by atoms with Crippen LogP contribution in [-0.2, 0) is 5.41 Å². The van der Waals surface area contributed by atoms with Crippen LogP contribution in [0.2, 0.25) is 0 Å². The first-order valence-corrected chi connectivity index (χ1v) is 8.70. The van der Waals surface area contributed by atoms with E-state index in [2.05, 4.69) is 99.1 Å². The Morgan fingerprint density at radius 2 is 1.54 bits per heavy atom. The van der Waals surface area contributed by atoms with Crippen molar-refractivity contribution in [2.45, 2.75) is 32.1 Å². The van der Waals surface area contributed by atoms with E-state index < -0.39 is 0 Å². The second kappa shape index (κ2) is 5.31. The Kier molecular flexibility index (Phi) is 3.35. The zero-order valence-corrected chi connectivity index (χ0v) is 14.9. The largest absolute Gasteiger partial charge is 0.217 e. The van der Waals surface area contributed by atoms with Crippen LogP contribution in [0, 0.1) is 0 Å². The molecule has 0 fully saturated rings. The van der Waals surface area contributed by atoms with Crippen LogP contribution in [-0.4, -0.2) is 17.3 Å². The lowest BCUT2D eigenvalue weighted by molar-refractivity contribution is -0.401. The summed E-state index contributed by atoms with van der Waals surface area (Å²) in [5, 5.41) is 2.66. The molecule has 2 unspecified atom stereocenters. The highest BCUT2D eigenvalue weighted by atomic mass is 15.0. The van der Waals surface area contributed by atoms with Gasteiger partial charge in [0.1, 0.15) is 7.05 Å². The van der Waals surface area contributed by atoms with Gasteiger partial charge < -0.3 is 0 Å². The quantitative estimate of drug-likeness (QED) is 0.538. The minimum Gasteiger partial charge on any atom is -0.201 e. The lowest BCUT2D eigenvalue weighted by atomic mass is 9.68. The summed E-state index contributed by atoms with van der Waals surface area (Å²) in [6.07, 6.45) is 0. The predicted octanol–water partition coefficient (Wildman–Crippen LogP) is 5.65. The number of benzene rings is 3. The average Bonchev–Trinajstić information content (AvgIpc) is 2.84. The molecule has 1 nitrogen and oxygen atoms in total. The van der Waals surface area contributed by atoms with Gasteiger partial charge in [-0.25, -0.2) is 4.58 Å². The molecular formula is C23H24N+. The summed E-state index contributed by atoms with van der Waals surface area (Å²) in [7, 11) is 2.21. The SMILES string of the molecule is CC1=[N+](C)c2c(ccc3ccccc23)C1(C)C(C)c1ccccc1. The van der Waals surface area contributed by atoms with Crippen molar-refractivity contribution in [3.63, 3.8) is 0 Å². The van der Waals surface area contributed by atoms with E-state index in [-0.39, 0.29) is 5.41 Å². The standard InChI is InChI=1S/C23H24N/c1-16(18-10-6-5-7-11-18)23(3)17(2)24(4)22-20-13-9-8-12-19(20)14-15-21(22)23/h5-16H,1-4H3/q+1. The molecule has 4 rings (SSSR count). The third kappa shape index (κ3) is 1.91. The average molecular weight is 314 g/mol.